The maximum absolute atomic E-state index is 13.2. The summed E-state index contributed by atoms with van der Waals surface area (Å²) in [4.78, 5) is 0. The lowest BCUT2D eigenvalue weighted by molar-refractivity contribution is 0.580. The maximum Gasteiger partial charge on any atom is 0.187 e. The molecular formula is C11H13F2N3S. The van der Waals surface area contributed by atoms with Crippen molar-refractivity contribution in [3.8, 4) is 0 Å². The number of rotatable bonds is 3. The molecule has 17 heavy (non-hydrogen) atoms. The Labute approximate surface area is 104 Å². The lowest BCUT2D eigenvalue weighted by atomic mass is 10.2. The van der Waals surface area contributed by atoms with Crippen LogP contribution in [0.15, 0.2) is 23.3 Å². The van der Waals surface area contributed by atoms with Crippen molar-refractivity contribution in [2.45, 2.75) is 19.9 Å². The van der Waals surface area contributed by atoms with Crippen LogP contribution < -0.4 is 10.7 Å². The number of halogens is 2. The van der Waals surface area contributed by atoms with Crippen molar-refractivity contribution in [3.63, 3.8) is 0 Å². The first kappa shape index (κ1) is 13.5. The second kappa shape index (κ2) is 6.24. The molecule has 0 bridgehead atoms. The summed E-state index contributed by atoms with van der Waals surface area (Å²) in [6.07, 6.45) is 1.05. The van der Waals surface area contributed by atoms with E-state index in [9.17, 15) is 8.78 Å². The van der Waals surface area contributed by atoms with E-state index < -0.39 is 11.6 Å². The topological polar surface area (TPSA) is 36.4 Å². The lowest BCUT2D eigenvalue weighted by Crippen LogP contribution is -2.36. The number of hydrogen-bond donors (Lipinski definition) is 2. The first-order valence-corrected chi connectivity index (χ1v) is 5.45. The zero-order valence-electron chi connectivity index (χ0n) is 9.50. The molecule has 1 aromatic rings. The molecular weight excluding hydrogens is 244 g/mol. The minimum absolute atomic E-state index is 0.162. The Hall–Kier alpha value is -1.56. The van der Waals surface area contributed by atoms with E-state index in [0.717, 1.165) is 18.3 Å². The highest BCUT2D eigenvalue weighted by atomic mass is 32.1. The van der Waals surface area contributed by atoms with Gasteiger partial charge >= 0.3 is 0 Å². The van der Waals surface area contributed by atoms with Crippen molar-refractivity contribution < 1.29 is 8.78 Å². The third-order valence-corrected chi connectivity index (χ3v) is 1.99. The van der Waals surface area contributed by atoms with Gasteiger partial charge in [0.15, 0.2) is 5.11 Å². The second-order valence-corrected chi connectivity index (χ2v) is 4.04. The van der Waals surface area contributed by atoms with Gasteiger partial charge in [0.25, 0.3) is 0 Å². The first-order chi connectivity index (χ1) is 8.00. The zero-order valence-corrected chi connectivity index (χ0v) is 10.3. The average Bonchev–Trinajstić information content (AvgIpc) is 2.21. The highest BCUT2D eigenvalue weighted by Crippen LogP contribution is 2.08. The minimum Gasteiger partial charge on any atom is -0.359 e. The van der Waals surface area contributed by atoms with Crippen LogP contribution in [0.5, 0.6) is 0 Å². The number of nitrogens with zero attached hydrogens (tertiary/aromatic N) is 1. The molecule has 3 nitrogen and oxygen atoms in total. The molecule has 6 heteroatoms. The van der Waals surface area contributed by atoms with E-state index in [1.54, 1.807) is 0 Å². The average molecular weight is 257 g/mol. The van der Waals surface area contributed by atoms with Crippen LogP contribution in [0, 0.1) is 11.6 Å². The largest absolute Gasteiger partial charge is 0.359 e. The number of nitrogens with one attached hydrogen (secondary N) is 2. The molecule has 0 amide bonds. The lowest BCUT2D eigenvalue weighted by Gasteiger charge is -2.09. The Morgan fingerprint density at radius 3 is 2.47 bits per heavy atom. The van der Waals surface area contributed by atoms with Crippen molar-refractivity contribution in [2.24, 2.45) is 5.10 Å². The molecule has 0 heterocycles. The molecule has 92 valence electrons. The van der Waals surface area contributed by atoms with Crippen LogP contribution in [0.1, 0.15) is 19.4 Å². The van der Waals surface area contributed by atoms with E-state index in [4.69, 9.17) is 12.2 Å². The molecule has 0 spiro atoms. The molecule has 0 aliphatic rings. The molecule has 2 N–H and O–H groups in total. The Balaban J connectivity index is 2.63. The Morgan fingerprint density at radius 1 is 1.35 bits per heavy atom. The van der Waals surface area contributed by atoms with Crippen LogP contribution in [-0.4, -0.2) is 17.4 Å². The fourth-order valence-corrected chi connectivity index (χ4v) is 1.37. The van der Waals surface area contributed by atoms with Crippen molar-refractivity contribution in [3.05, 3.63) is 35.4 Å². The summed E-state index contributed by atoms with van der Waals surface area (Å²) < 4.78 is 26.4. The molecule has 0 aliphatic carbocycles. The number of hydrogen-bond acceptors (Lipinski definition) is 2. The van der Waals surface area contributed by atoms with Gasteiger partial charge in [0.05, 0.1) is 11.8 Å². The molecule has 0 saturated heterocycles. The number of hydrazone groups is 1. The minimum atomic E-state index is -0.668. The van der Waals surface area contributed by atoms with E-state index in [2.05, 4.69) is 15.8 Å². The molecule has 0 saturated carbocycles. The number of benzene rings is 1. The van der Waals surface area contributed by atoms with Crippen LogP contribution in [0.2, 0.25) is 0 Å². The fraction of sp³-hybridized carbons (Fsp3) is 0.273. The third kappa shape index (κ3) is 4.44. The fourth-order valence-electron chi connectivity index (χ4n) is 1.08. The van der Waals surface area contributed by atoms with E-state index in [1.807, 2.05) is 13.8 Å². The van der Waals surface area contributed by atoms with Crippen LogP contribution in [0.4, 0.5) is 8.78 Å². The van der Waals surface area contributed by atoms with Crippen molar-refractivity contribution in [2.75, 3.05) is 0 Å². The standard InChI is InChI=1S/C11H13F2N3S/c1-7(2)15-11(17)16-14-6-8-9(12)4-3-5-10(8)13/h3-7H,1-2H3,(H2,15,16,17). The monoisotopic (exact) mass is 257 g/mol. The predicted molar refractivity (Wildman–Crippen MR) is 68.0 cm³/mol. The van der Waals surface area contributed by atoms with Gasteiger partial charge in [-0.3, -0.25) is 5.43 Å². The van der Waals surface area contributed by atoms with Gasteiger partial charge in [0, 0.05) is 6.04 Å². The normalized spacial score (nSPS) is 10.9. The molecule has 0 unspecified atom stereocenters. The van der Waals surface area contributed by atoms with E-state index in [0.29, 0.717) is 5.11 Å². The van der Waals surface area contributed by atoms with Gasteiger partial charge in [0.1, 0.15) is 11.6 Å². The molecule has 0 aliphatic heterocycles. The molecule has 0 fully saturated rings. The van der Waals surface area contributed by atoms with Crippen LogP contribution in [0.3, 0.4) is 0 Å². The van der Waals surface area contributed by atoms with Gasteiger partial charge in [-0.2, -0.15) is 5.10 Å². The highest BCUT2D eigenvalue weighted by molar-refractivity contribution is 7.80. The smallest absolute Gasteiger partial charge is 0.187 e. The summed E-state index contributed by atoms with van der Waals surface area (Å²) in [6, 6.07) is 3.78. The molecule has 0 atom stereocenters. The number of thiocarbonyl (C=S) groups is 1. The van der Waals surface area contributed by atoms with Crippen molar-refractivity contribution >= 4 is 23.5 Å². The van der Waals surface area contributed by atoms with E-state index >= 15 is 0 Å². The SMILES string of the molecule is CC(C)NC(=S)NN=Cc1c(F)cccc1F. The molecule has 0 aromatic heterocycles. The molecule has 1 rings (SSSR count). The first-order valence-electron chi connectivity index (χ1n) is 5.04. The third-order valence-electron chi connectivity index (χ3n) is 1.78. The van der Waals surface area contributed by atoms with Crippen LogP contribution >= 0.6 is 12.2 Å². The van der Waals surface area contributed by atoms with Gasteiger partial charge in [-0.15, -0.1) is 0 Å². The van der Waals surface area contributed by atoms with Crippen molar-refractivity contribution in [1.29, 1.82) is 0 Å². The van der Waals surface area contributed by atoms with Gasteiger partial charge in [-0.05, 0) is 38.2 Å². The quantitative estimate of drug-likeness (QED) is 0.495. The second-order valence-electron chi connectivity index (χ2n) is 3.63. The van der Waals surface area contributed by atoms with Gasteiger partial charge in [-0.1, -0.05) is 6.07 Å². The highest BCUT2D eigenvalue weighted by Gasteiger charge is 2.04. The van der Waals surface area contributed by atoms with E-state index in [1.165, 1.54) is 6.07 Å². The Bertz CT molecular complexity index is 412. The summed E-state index contributed by atoms with van der Waals surface area (Å²) in [5, 5.41) is 6.83. The Kier molecular flexibility index (Phi) is 4.96. The van der Waals surface area contributed by atoms with Gasteiger partial charge < -0.3 is 5.32 Å². The van der Waals surface area contributed by atoms with Gasteiger partial charge in [-0.25, -0.2) is 8.78 Å². The Morgan fingerprint density at radius 2 is 1.94 bits per heavy atom. The van der Waals surface area contributed by atoms with Crippen molar-refractivity contribution in [1.82, 2.24) is 10.7 Å². The van der Waals surface area contributed by atoms with E-state index in [-0.39, 0.29) is 11.6 Å². The van der Waals surface area contributed by atoms with Crippen LogP contribution in [0.25, 0.3) is 0 Å². The summed E-state index contributed by atoms with van der Waals surface area (Å²) in [6.45, 7) is 3.82. The van der Waals surface area contributed by atoms with Gasteiger partial charge in [0.2, 0.25) is 0 Å². The van der Waals surface area contributed by atoms with Crippen LogP contribution in [-0.2, 0) is 0 Å². The predicted octanol–water partition coefficient (Wildman–Crippen LogP) is 2.17. The maximum atomic E-state index is 13.2. The molecule has 1 aromatic carbocycles. The summed E-state index contributed by atoms with van der Waals surface area (Å²) >= 11 is 4.89. The molecule has 0 radical (unpaired) electrons. The summed E-state index contributed by atoms with van der Waals surface area (Å²) in [5.41, 5.74) is 2.27. The summed E-state index contributed by atoms with van der Waals surface area (Å²) in [5.74, 6) is -1.34. The summed E-state index contributed by atoms with van der Waals surface area (Å²) in [7, 11) is 0. The zero-order chi connectivity index (χ0) is 12.8.